The first kappa shape index (κ1) is 19.7. The van der Waals surface area contributed by atoms with Gasteiger partial charge in [-0.15, -0.1) is 0 Å². The second kappa shape index (κ2) is 8.82. The van der Waals surface area contributed by atoms with Crippen LogP contribution in [-0.4, -0.2) is 5.16 Å². The van der Waals surface area contributed by atoms with E-state index >= 15 is 0 Å². The van der Waals surface area contributed by atoms with Gasteiger partial charge in [0.15, 0.2) is 11.6 Å². The Labute approximate surface area is 175 Å². The molecule has 1 nitrogen and oxygen atoms in total. The average Bonchev–Trinajstić information content (AvgIpc) is 3.22. The molecule has 0 saturated heterocycles. The van der Waals surface area contributed by atoms with Crippen LogP contribution in [-0.2, 0) is 12.8 Å². The van der Waals surface area contributed by atoms with E-state index < -0.39 is 17.3 Å². The highest BCUT2D eigenvalue weighted by molar-refractivity contribution is 7.78. The molecule has 2 aliphatic carbocycles. The fourth-order valence-corrected chi connectivity index (χ4v) is 4.35. The lowest BCUT2D eigenvalue weighted by Crippen LogP contribution is -2.03. The minimum absolute atomic E-state index is 0.280. The van der Waals surface area contributed by atoms with Crippen molar-refractivity contribution in [1.29, 1.82) is 0 Å². The largest absolute Gasteiger partial charge is 0.204 e. The number of aryl methyl sites for hydroxylation is 1. The summed E-state index contributed by atoms with van der Waals surface area (Å²) in [4.78, 5) is 3.42. The lowest BCUT2D eigenvalue weighted by atomic mass is 9.88. The third-order valence-electron chi connectivity index (χ3n) is 5.74. The second-order valence-corrected chi connectivity index (χ2v) is 7.98. The van der Waals surface area contributed by atoms with Gasteiger partial charge in [0.25, 0.3) is 0 Å². The minimum atomic E-state index is -0.788. The predicted octanol–water partition coefficient (Wildman–Crippen LogP) is 6.81. The molecule has 146 valence electrons. The summed E-state index contributed by atoms with van der Waals surface area (Å²) in [5.74, 6) is 5.21. The van der Waals surface area contributed by atoms with Gasteiger partial charge in [-0.3, -0.25) is 0 Å². The minimum Gasteiger partial charge on any atom is -0.204 e. The van der Waals surface area contributed by atoms with Crippen molar-refractivity contribution >= 4 is 29.1 Å². The zero-order chi connectivity index (χ0) is 20.2. The summed E-state index contributed by atoms with van der Waals surface area (Å²) in [5, 5.41) is 1.99. The highest BCUT2D eigenvalue weighted by Gasteiger charge is 2.17. The summed E-state index contributed by atoms with van der Waals surface area (Å²) < 4.78 is 27.9. The van der Waals surface area contributed by atoms with E-state index in [1.165, 1.54) is 60.9 Å². The maximum absolute atomic E-state index is 13.9. The second-order valence-electron chi connectivity index (χ2n) is 7.80. The van der Waals surface area contributed by atoms with Crippen LogP contribution in [0.1, 0.15) is 54.4 Å². The molecule has 4 heteroatoms. The monoisotopic (exact) mass is 405 g/mol. The Kier molecular flexibility index (Phi) is 6.00. The summed E-state index contributed by atoms with van der Waals surface area (Å²) in [6, 6.07) is 9.10. The molecule has 0 N–H and O–H groups in total. The summed E-state index contributed by atoms with van der Waals surface area (Å²) in [6.45, 7) is 0. The molecule has 4 rings (SSSR count). The average molecular weight is 406 g/mol. The molecule has 2 aromatic rings. The van der Waals surface area contributed by atoms with E-state index in [0.717, 1.165) is 24.3 Å². The molecule has 29 heavy (non-hydrogen) atoms. The first-order chi connectivity index (χ1) is 14.1. The molecule has 0 heterocycles. The fraction of sp³-hybridized carbons (Fsp3) is 0.320. The van der Waals surface area contributed by atoms with Crippen molar-refractivity contribution in [1.82, 2.24) is 0 Å². The molecule has 0 bridgehead atoms. The van der Waals surface area contributed by atoms with Crippen molar-refractivity contribution in [3.05, 3.63) is 69.8 Å². The van der Waals surface area contributed by atoms with Crippen molar-refractivity contribution in [3.63, 3.8) is 0 Å². The smallest absolute Gasteiger partial charge is 0.153 e. The molecule has 0 unspecified atom stereocenters. The van der Waals surface area contributed by atoms with Crippen molar-refractivity contribution in [3.8, 4) is 11.8 Å². The maximum Gasteiger partial charge on any atom is 0.153 e. The standard InChI is InChI=1S/C25H21F2NS/c26-23-14-20(15-24(27)25(23)28-16-29)6-5-18-7-9-22-13-19(8-10-21(22)12-18)11-17-3-1-2-4-17/h8,10,12-15,17H,1-4,7,9,11H2. The summed E-state index contributed by atoms with van der Waals surface area (Å²) in [5.41, 5.74) is 4.82. The molecule has 2 aromatic carbocycles. The number of benzene rings is 2. The maximum atomic E-state index is 13.9. The molecule has 0 radical (unpaired) electrons. The van der Waals surface area contributed by atoms with E-state index in [2.05, 4.69) is 53.3 Å². The van der Waals surface area contributed by atoms with Crippen LogP contribution in [0.4, 0.5) is 14.5 Å². The molecule has 1 fully saturated rings. The van der Waals surface area contributed by atoms with Crippen LogP contribution in [0.2, 0.25) is 0 Å². The van der Waals surface area contributed by atoms with Crippen molar-refractivity contribution in [2.24, 2.45) is 10.9 Å². The molecular formula is C25H21F2NS. The van der Waals surface area contributed by atoms with Gasteiger partial charge in [0.1, 0.15) is 5.69 Å². The van der Waals surface area contributed by atoms with E-state index in [9.17, 15) is 8.78 Å². The van der Waals surface area contributed by atoms with E-state index in [0.29, 0.717) is 0 Å². The lowest BCUT2D eigenvalue weighted by Gasteiger charge is -2.16. The van der Waals surface area contributed by atoms with Gasteiger partial charge in [0, 0.05) is 11.1 Å². The molecule has 0 spiro atoms. The van der Waals surface area contributed by atoms with Crippen molar-refractivity contribution in [2.75, 3.05) is 0 Å². The van der Waals surface area contributed by atoms with Gasteiger partial charge >= 0.3 is 0 Å². The number of thiocarbonyl (C=S) groups is 1. The van der Waals surface area contributed by atoms with E-state index in [1.807, 2.05) is 5.16 Å². The normalized spacial score (nSPS) is 15.7. The number of halogens is 2. The van der Waals surface area contributed by atoms with Crippen LogP contribution in [0.15, 0.2) is 40.9 Å². The van der Waals surface area contributed by atoms with Crippen molar-refractivity contribution < 1.29 is 8.78 Å². The predicted molar refractivity (Wildman–Crippen MR) is 116 cm³/mol. The van der Waals surface area contributed by atoms with Crippen LogP contribution in [0.25, 0.3) is 6.08 Å². The van der Waals surface area contributed by atoms with Crippen molar-refractivity contribution in [2.45, 2.75) is 44.9 Å². The third kappa shape index (κ3) is 4.70. The first-order valence-corrected chi connectivity index (χ1v) is 10.4. The van der Waals surface area contributed by atoms with Gasteiger partial charge < -0.3 is 0 Å². The highest BCUT2D eigenvalue weighted by atomic mass is 32.1. The SMILES string of the molecule is Fc1cc(C#CC2=Cc3ccc(CC4CCCC4)cc3CC2)cc(F)c1N=C=S. The number of hydrogen-bond donors (Lipinski definition) is 0. The zero-order valence-corrected chi connectivity index (χ0v) is 16.9. The molecule has 0 atom stereocenters. The Hall–Kier alpha value is -2.60. The van der Waals surface area contributed by atoms with Crippen LogP contribution < -0.4 is 0 Å². The number of aliphatic imine (C=N–C) groups is 1. The number of isothiocyanates is 1. The molecule has 0 aliphatic heterocycles. The Balaban J connectivity index is 1.52. The fourth-order valence-electron chi connectivity index (χ4n) is 4.26. The lowest BCUT2D eigenvalue weighted by molar-refractivity contribution is 0.546. The molecular weight excluding hydrogens is 384 g/mol. The third-order valence-corrected chi connectivity index (χ3v) is 5.83. The van der Waals surface area contributed by atoms with Gasteiger partial charge in [0.05, 0.1) is 5.16 Å². The topological polar surface area (TPSA) is 12.4 Å². The Bertz CT molecular complexity index is 1050. The van der Waals surface area contributed by atoms with Crippen LogP contribution in [0.5, 0.6) is 0 Å². The van der Waals surface area contributed by atoms with E-state index in [4.69, 9.17) is 0 Å². The van der Waals surface area contributed by atoms with Gasteiger partial charge in [-0.05, 0) is 72.3 Å². The van der Waals surface area contributed by atoms with E-state index in [1.54, 1.807) is 0 Å². The quantitative estimate of drug-likeness (QED) is 0.310. The molecule has 1 saturated carbocycles. The molecule has 0 amide bonds. The number of hydrogen-bond acceptors (Lipinski definition) is 2. The van der Waals surface area contributed by atoms with Gasteiger partial charge in [-0.2, -0.15) is 4.99 Å². The zero-order valence-electron chi connectivity index (χ0n) is 16.1. The summed E-state index contributed by atoms with van der Waals surface area (Å²) in [6.07, 6.45) is 10.5. The van der Waals surface area contributed by atoms with E-state index in [-0.39, 0.29) is 5.56 Å². The van der Waals surface area contributed by atoms with Crippen LogP contribution in [0, 0.1) is 29.4 Å². The summed E-state index contributed by atoms with van der Waals surface area (Å²) >= 11 is 4.41. The van der Waals surface area contributed by atoms with Gasteiger partial charge in [-0.25, -0.2) is 8.78 Å². The first-order valence-electron chi connectivity index (χ1n) is 10.0. The Morgan fingerprint density at radius 2 is 1.76 bits per heavy atom. The van der Waals surface area contributed by atoms with Gasteiger partial charge in [0.2, 0.25) is 0 Å². The number of rotatable bonds is 3. The Morgan fingerprint density at radius 1 is 1.00 bits per heavy atom. The molecule has 0 aromatic heterocycles. The Morgan fingerprint density at radius 3 is 2.48 bits per heavy atom. The number of nitrogens with zero attached hydrogens (tertiary/aromatic N) is 1. The van der Waals surface area contributed by atoms with Crippen LogP contribution >= 0.6 is 12.2 Å². The van der Waals surface area contributed by atoms with Crippen LogP contribution in [0.3, 0.4) is 0 Å². The highest BCUT2D eigenvalue weighted by Crippen LogP contribution is 2.30. The van der Waals surface area contributed by atoms with Gasteiger partial charge in [-0.1, -0.05) is 55.7 Å². The summed E-state index contributed by atoms with van der Waals surface area (Å²) in [7, 11) is 0. The number of fused-ring (bicyclic) bond motifs is 1. The molecule has 2 aliphatic rings. The number of allylic oxidation sites excluding steroid dienone is 1.